The fraction of sp³-hybridized carbons (Fsp3) is 0.524. The number of para-hydroxylation sites is 1. The van der Waals surface area contributed by atoms with Gasteiger partial charge in [-0.3, -0.25) is 4.79 Å². The summed E-state index contributed by atoms with van der Waals surface area (Å²) in [5.41, 5.74) is 3.97. The van der Waals surface area contributed by atoms with Crippen LogP contribution in [0.25, 0.3) is 5.69 Å². The molecule has 2 aliphatic rings. The zero-order valence-electron chi connectivity index (χ0n) is 15.4. The number of carbonyl (C=O) groups is 1. The van der Waals surface area contributed by atoms with Crippen molar-refractivity contribution in [1.29, 1.82) is 0 Å². The predicted octanol–water partition coefficient (Wildman–Crippen LogP) is 3.44. The zero-order chi connectivity index (χ0) is 17.9. The minimum absolute atomic E-state index is 0.0493. The Labute approximate surface area is 154 Å². The molecule has 0 unspecified atom stereocenters. The second-order valence-electron chi connectivity index (χ2n) is 7.37. The Morgan fingerprint density at radius 1 is 1.12 bits per heavy atom. The van der Waals surface area contributed by atoms with E-state index in [9.17, 15) is 4.79 Å². The first-order chi connectivity index (χ1) is 12.8. The third kappa shape index (κ3) is 3.28. The van der Waals surface area contributed by atoms with E-state index in [0.29, 0.717) is 5.69 Å². The van der Waals surface area contributed by atoms with Gasteiger partial charge in [0, 0.05) is 18.4 Å². The van der Waals surface area contributed by atoms with Crippen LogP contribution in [0, 0.1) is 0 Å². The lowest BCUT2D eigenvalue weighted by Gasteiger charge is -2.19. The Kier molecular flexibility index (Phi) is 5.07. The molecular weight excluding hydrogens is 326 g/mol. The van der Waals surface area contributed by atoms with Crippen molar-refractivity contribution in [2.24, 2.45) is 0 Å². The quantitative estimate of drug-likeness (QED) is 0.857. The van der Waals surface area contributed by atoms with Gasteiger partial charge in [-0.2, -0.15) is 5.10 Å². The molecule has 2 aliphatic carbocycles. The monoisotopic (exact) mass is 353 g/mol. The van der Waals surface area contributed by atoms with Gasteiger partial charge in [0.2, 0.25) is 0 Å². The molecule has 0 aliphatic heterocycles. The molecule has 1 amide bonds. The molecule has 138 valence electrons. The molecule has 1 saturated carbocycles. The van der Waals surface area contributed by atoms with Crippen LogP contribution in [-0.2, 0) is 17.6 Å². The topological polar surface area (TPSA) is 56.1 Å². The average Bonchev–Trinajstić information content (AvgIpc) is 3.19. The molecule has 1 fully saturated rings. The van der Waals surface area contributed by atoms with E-state index >= 15 is 0 Å². The molecule has 0 radical (unpaired) electrons. The maximum absolute atomic E-state index is 13.0. The van der Waals surface area contributed by atoms with Crippen LogP contribution in [0.2, 0.25) is 0 Å². The predicted molar refractivity (Wildman–Crippen MR) is 101 cm³/mol. The van der Waals surface area contributed by atoms with Gasteiger partial charge in [-0.25, -0.2) is 4.68 Å². The van der Waals surface area contributed by atoms with E-state index in [-0.39, 0.29) is 18.1 Å². The fourth-order valence-electron chi connectivity index (χ4n) is 4.35. The smallest absolute Gasteiger partial charge is 0.272 e. The Bertz CT molecular complexity index is 769. The van der Waals surface area contributed by atoms with Crippen LogP contribution in [0.15, 0.2) is 30.3 Å². The number of hydrogen-bond donors (Lipinski definition) is 1. The SMILES string of the molecule is CO[C@H]1CCC[C@@H]1NC(=O)c1nn(-c2ccccc2)c2c1CCCCC2. The first kappa shape index (κ1) is 17.3. The van der Waals surface area contributed by atoms with Gasteiger partial charge in [0.1, 0.15) is 0 Å². The van der Waals surface area contributed by atoms with Crippen molar-refractivity contribution in [3.8, 4) is 5.69 Å². The standard InChI is InChI=1S/C21H27N3O2/c1-26-19-14-8-12-17(19)22-21(25)20-16-11-6-3-7-13-18(16)24(23-20)15-9-4-2-5-10-15/h2,4-5,9-10,17,19H,3,6-8,11-14H2,1H3,(H,22,25)/t17-,19-/m0/s1. The number of benzene rings is 1. The number of carbonyl (C=O) groups excluding carboxylic acids is 1. The highest BCUT2D eigenvalue weighted by molar-refractivity contribution is 5.94. The third-order valence-electron chi connectivity index (χ3n) is 5.72. The summed E-state index contributed by atoms with van der Waals surface area (Å²) in [6.07, 6.45) is 8.60. The average molecular weight is 353 g/mol. The Morgan fingerprint density at radius 2 is 1.92 bits per heavy atom. The van der Waals surface area contributed by atoms with E-state index in [4.69, 9.17) is 9.84 Å². The van der Waals surface area contributed by atoms with Gasteiger partial charge in [-0.15, -0.1) is 0 Å². The molecule has 0 saturated heterocycles. The normalized spacial score (nSPS) is 22.7. The number of nitrogens with one attached hydrogen (secondary N) is 1. The molecule has 2 aromatic rings. The zero-order valence-corrected chi connectivity index (χ0v) is 15.4. The minimum Gasteiger partial charge on any atom is -0.379 e. The van der Waals surface area contributed by atoms with E-state index in [0.717, 1.165) is 56.2 Å². The minimum atomic E-state index is -0.0493. The van der Waals surface area contributed by atoms with Crippen molar-refractivity contribution in [2.75, 3.05) is 7.11 Å². The van der Waals surface area contributed by atoms with Gasteiger partial charge in [0.05, 0.1) is 17.8 Å². The second kappa shape index (κ2) is 7.62. The molecule has 1 N–H and O–H groups in total. The van der Waals surface area contributed by atoms with Gasteiger partial charge < -0.3 is 10.1 Å². The van der Waals surface area contributed by atoms with Crippen LogP contribution in [0.5, 0.6) is 0 Å². The summed E-state index contributed by atoms with van der Waals surface area (Å²) in [4.78, 5) is 13.0. The summed E-state index contributed by atoms with van der Waals surface area (Å²) >= 11 is 0. The molecule has 5 heteroatoms. The third-order valence-corrected chi connectivity index (χ3v) is 5.72. The molecule has 5 nitrogen and oxygen atoms in total. The van der Waals surface area contributed by atoms with Crippen LogP contribution in [0.3, 0.4) is 0 Å². The summed E-state index contributed by atoms with van der Waals surface area (Å²) < 4.78 is 7.51. The van der Waals surface area contributed by atoms with E-state index < -0.39 is 0 Å². The van der Waals surface area contributed by atoms with Crippen LogP contribution in [0.1, 0.15) is 60.3 Å². The highest BCUT2D eigenvalue weighted by atomic mass is 16.5. The summed E-state index contributed by atoms with van der Waals surface area (Å²) in [6.45, 7) is 0. The summed E-state index contributed by atoms with van der Waals surface area (Å²) in [6, 6.07) is 10.2. The van der Waals surface area contributed by atoms with E-state index in [1.807, 2.05) is 22.9 Å². The lowest BCUT2D eigenvalue weighted by atomic mass is 10.1. The van der Waals surface area contributed by atoms with Crippen molar-refractivity contribution in [2.45, 2.75) is 63.5 Å². The van der Waals surface area contributed by atoms with Gasteiger partial charge in [0.25, 0.3) is 5.91 Å². The lowest BCUT2D eigenvalue weighted by Crippen LogP contribution is -2.41. The second-order valence-corrected chi connectivity index (χ2v) is 7.37. The number of hydrogen-bond acceptors (Lipinski definition) is 3. The fourth-order valence-corrected chi connectivity index (χ4v) is 4.35. The number of rotatable bonds is 4. The summed E-state index contributed by atoms with van der Waals surface area (Å²) in [5, 5.41) is 7.95. The molecule has 4 rings (SSSR count). The lowest BCUT2D eigenvalue weighted by molar-refractivity contribution is 0.0718. The first-order valence-electron chi connectivity index (χ1n) is 9.78. The number of aromatic nitrogens is 2. The van der Waals surface area contributed by atoms with Gasteiger partial charge >= 0.3 is 0 Å². The van der Waals surface area contributed by atoms with Crippen LogP contribution in [0.4, 0.5) is 0 Å². The van der Waals surface area contributed by atoms with Crippen molar-refractivity contribution < 1.29 is 9.53 Å². The van der Waals surface area contributed by atoms with Gasteiger partial charge in [0.15, 0.2) is 5.69 Å². The number of methoxy groups -OCH3 is 1. The maximum atomic E-state index is 13.0. The number of nitrogens with zero attached hydrogens (tertiary/aromatic N) is 2. The summed E-state index contributed by atoms with van der Waals surface area (Å²) in [7, 11) is 1.73. The number of fused-ring (bicyclic) bond motifs is 1. The van der Waals surface area contributed by atoms with Crippen molar-refractivity contribution in [1.82, 2.24) is 15.1 Å². The first-order valence-corrected chi connectivity index (χ1v) is 9.78. The van der Waals surface area contributed by atoms with Gasteiger partial charge in [-0.1, -0.05) is 24.6 Å². The molecule has 26 heavy (non-hydrogen) atoms. The van der Waals surface area contributed by atoms with Gasteiger partial charge in [-0.05, 0) is 57.1 Å². The molecule has 1 aromatic heterocycles. The van der Waals surface area contributed by atoms with Crippen LogP contribution < -0.4 is 5.32 Å². The molecule has 1 heterocycles. The highest BCUT2D eigenvalue weighted by Gasteiger charge is 2.31. The van der Waals surface area contributed by atoms with E-state index in [1.54, 1.807) is 7.11 Å². The molecule has 0 spiro atoms. The Morgan fingerprint density at radius 3 is 2.73 bits per heavy atom. The summed E-state index contributed by atoms with van der Waals surface area (Å²) in [5.74, 6) is -0.0493. The molecule has 2 atom stereocenters. The molecule has 0 bridgehead atoms. The molecular formula is C21H27N3O2. The van der Waals surface area contributed by atoms with E-state index in [1.165, 1.54) is 12.1 Å². The maximum Gasteiger partial charge on any atom is 0.272 e. The van der Waals surface area contributed by atoms with Crippen LogP contribution in [-0.4, -0.2) is 34.9 Å². The number of amides is 1. The van der Waals surface area contributed by atoms with Crippen molar-refractivity contribution in [3.63, 3.8) is 0 Å². The van der Waals surface area contributed by atoms with E-state index in [2.05, 4.69) is 17.4 Å². The van der Waals surface area contributed by atoms with Crippen molar-refractivity contribution >= 4 is 5.91 Å². The van der Waals surface area contributed by atoms with Crippen LogP contribution >= 0.6 is 0 Å². The van der Waals surface area contributed by atoms with Crippen molar-refractivity contribution in [3.05, 3.63) is 47.3 Å². The Balaban J connectivity index is 1.67. The highest BCUT2D eigenvalue weighted by Crippen LogP contribution is 2.27. The largest absolute Gasteiger partial charge is 0.379 e. The number of ether oxygens (including phenoxy) is 1. The Hall–Kier alpha value is -2.14. The molecule has 1 aromatic carbocycles.